The molecule has 0 saturated heterocycles. The van der Waals surface area contributed by atoms with Gasteiger partial charge in [0.1, 0.15) is 0 Å². The molecule has 1 aromatic rings. The molecule has 100 valence electrons. The van der Waals surface area contributed by atoms with E-state index in [1.54, 1.807) is 14.1 Å². The lowest BCUT2D eigenvalue weighted by Gasteiger charge is -2.15. The third kappa shape index (κ3) is 2.82. The smallest absolute Gasteiger partial charge is 0.254 e. The fourth-order valence-electron chi connectivity index (χ4n) is 1.28. The molecule has 0 atom stereocenters. The summed E-state index contributed by atoms with van der Waals surface area (Å²) < 4.78 is 25.0. The van der Waals surface area contributed by atoms with Crippen LogP contribution in [0.1, 0.15) is 10.4 Å². The Morgan fingerprint density at radius 2 is 1.72 bits per heavy atom. The number of halogens is 1. The normalized spacial score (nSPS) is 11.7. The minimum Gasteiger partial charge on any atom is -0.345 e. The number of hydrogen-bond donors (Lipinski definition) is 0. The number of benzene rings is 1. The second-order valence-corrected chi connectivity index (χ2v) is 6.69. The fraction of sp³-hybridized carbons (Fsp3) is 0.364. The Kier molecular flexibility index (Phi) is 4.37. The maximum atomic E-state index is 11.9. The van der Waals surface area contributed by atoms with Crippen molar-refractivity contribution in [1.29, 1.82) is 0 Å². The van der Waals surface area contributed by atoms with Gasteiger partial charge in [-0.05, 0) is 18.2 Å². The Balaban J connectivity index is 3.38. The van der Waals surface area contributed by atoms with Gasteiger partial charge in [-0.1, -0.05) is 11.6 Å². The highest BCUT2D eigenvalue weighted by Crippen LogP contribution is 2.22. The van der Waals surface area contributed by atoms with Crippen LogP contribution in [-0.4, -0.2) is 51.7 Å². The maximum Gasteiger partial charge on any atom is 0.254 e. The van der Waals surface area contributed by atoms with Crippen LogP contribution >= 0.6 is 11.6 Å². The van der Waals surface area contributed by atoms with Gasteiger partial charge in [-0.2, -0.15) is 0 Å². The molecule has 0 aliphatic carbocycles. The van der Waals surface area contributed by atoms with Gasteiger partial charge in [-0.3, -0.25) is 4.79 Å². The van der Waals surface area contributed by atoms with Crippen molar-refractivity contribution in [2.24, 2.45) is 0 Å². The van der Waals surface area contributed by atoms with Gasteiger partial charge in [0, 0.05) is 28.2 Å². The first kappa shape index (κ1) is 14.9. The summed E-state index contributed by atoms with van der Waals surface area (Å²) in [5, 5.41) is 0.228. The van der Waals surface area contributed by atoms with Crippen molar-refractivity contribution in [3.8, 4) is 0 Å². The number of amides is 1. The summed E-state index contributed by atoms with van der Waals surface area (Å²) in [4.78, 5) is 13.2. The van der Waals surface area contributed by atoms with Crippen LogP contribution in [0.2, 0.25) is 5.02 Å². The van der Waals surface area contributed by atoms with Crippen LogP contribution in [0.25, 0.3) is 0 Å². The van der Waals surface area contributed by atoms with E-state index in [-0.39, 0.29) is 21.4 Å². The van der Waals surface area contributed by atoms with Gasteiger partial charge in [0.05, 0.1) is 15.5 Å². The SMILES string of the molecule is CN(C)C(=O)c1cc(S(=O)(=O)N(C)C)ccc1Cl. The first-order valence-electron chi connectivity index (χ1n) is 5.11. The molecule has 0 heterocycles. The highest BCUT2D eigenvalue weighted by atomic mass is 35.5. The van der Waals surface area contributed by atoms with Gasteiger partial charge >= 0.3 is 0 Å². The molecule has 0 N–H and O–H groups in total. The fourth-order valence-corrected chi connectivity index (χ4v) is 2.41. The predicted octanol–water partition coefficient (Wildman–Crippen LogP) is 1.29. The van der Waals surface area contributed by atoms with Crippen LogP contribution in [0.5, 0.6) is 0 Å². The van der Waals surface area contributed by atoms with E-state index in [1.165, 1.54) is 37.2 Å². The lowest BCUT2D eigenvalue weighted by molar-refractivity contribution is 0.0827. The Labute approximate surface area is 112 Å². The second-order valence-electron chi connectivity index (χ2n) is 4.13. The van der Waals surface area contributed by atoms with Crippen molar-refractivity contribution < 1.29 is 13.2 Å². The summed E-state index contributed by atoms with van der Waals surface area (Å²) in [7, 11) is 2.43. The molecule has 0 bridgehead atoms. The van der Waals surface area contributed by atoms with Crippen molar-refractivity contribution in [3.05, 3.63) is 28.8 Å². The first-order valence-corrected chi connectivity index (χ1v) is 6.93. The van der Waals surface area contributed by atoms with Crippen LogP contribution < -0.4 is 0 Å². The van der Waals surface area contributed by atoms with Crippen LogP contribution in [0, 0.1) is 0 Å². The van der Waals surface area contributed by atoms with Crippen LogP contribution in [-0.2, 0) is 10.0 Å². The number of carbonyl (C=O) groups is 1. The molecule has 7 heteroatoms. The van der Waals surface area contributed by atoms with E-state index in [4.69, 9.17) is 11.6 Å². The zero-order chi connectivity index (χ0) is 14.1. The maximum absolute atomic E-state index is 11.9. The summed E-state index contributed by atoms with van der Waals surface area (Å²) >= 11 is 5.91. The van der Waals surface area contributed by atoms with Crippen LogP contribution in [0.4, 0.5) is 0 Å². The lowest BCUT2D eigenvalue weighted by atomic mass is 10.2. The van der Waals surface area contributed by atoms with Gasteiger partial charge in [-0.15, -0.1) is 0 Å². The van der Waals surface area contributed by atoms with E-state index in [1.807, 2.05) is 0 Å². The van der Waals surface area contributed by atoms with Crippen molar-refractivity contribution >= 4 is 27.5 Å². The van der Waals surface area contributed by atoms with Gasteiger partial charge in [0.25, 0.3) is 5.91 Å². The molecule has 1 amide bonds. The quantitative estimate of drug-likeness (QED) is 0.843. The number of hydrogen-bond acceptors (Lipinski definition) is 3. The largest absolute Gasteiger partial charge is 0.345 e. The molecule has 0 saturated carbocycles. The highest BCUT2D eigenvalue weighted by molar-refractivity contribution is 7.89. The van der Waals surface area contributed by atoms with E-state index in [9.17, 15) is 13.2 Å². The molecular formula is C11H15ClN2O3S. The van der Waals surface area contributed by atoms with Gasteiger partial charge in [-0.25, -0.2) is 12.7 Å². The van der Waals surface area contributed by atoms with Gasteiger partial charge in [0.15, 0.2) is 0 Å². The van der Waals surface area contributed by atoms with Crippen molar-refractivity contribution in [2.75, 3.05) is 28.2 Å². The third-order valence-electron chi connectivity index (χ3n) is 2.35. The van der Waals surface area contributed by atoms with E-state index in [0.717, 1.165) is 4.31 Å². The number of sulfonamides is 1. The molecule has 5 nitrogen and oxygen atoms in total. The summed E-state index contributed by atoms with van der Waals surface area (Å²) in [5.74, 6) is -0.337. The average Bonchev–Trinajstić information content (AvgIpc) is 2.28. The molecular weight excluding hydrogens is 276 g/mol. The minimum atomic E-state index is -3.57. The molecule has 0 fully saturated rings. The zero-order valence-corrected chi connectivity index (χ0v) is 12.2. The monoisotopic (exact) mass is 290 g/mol. The van der Waals surface area contributed by atoms with Crippen LogP contribution in [0.15, 0.2) is 23.1 Å². The molecule has 18 heavy (non-hydrogen) atoms. The van der Waals surface area contributed by atoms with Gasteiger partial charge < -0.3 is 4.90 Å². The van der Waals surface area contributed by atoms with Crippen LogP contribution in [0.3, 0.4) is 0 Å². The van der Waals surface area contributed by atoms with Crippen molar-refractivity contribution in [3.63, 3.8) is 0 Å². The standard InChI is InChI=1S/C11H15ClN2O3S/c1-13(2)11(15)9-7-8(5-6-10(9)12)18(16,17)14(3)4/h5-7H,1-4H3. The summed E-state index contributed by atoms with van der Waals surface area (Å²) in [5.41, 5.74) is 0.171. The molecule has 0 radical (unpaired) electrons. The molecule has 0 aliphatic rings. The minimum absolute atomic E-state index is 0.0436. The number of carbonyl (C=O) groups excluding carboxylic acids is 1. The number of rotatable bonds is 3. The summed E-state index contributed by atoms with van der Waals surface area (Å²) in [6.45, 7) is 0. The summed E-state index contributed by atoms with van der Waals surface area (Å²) in [6.07, 6.45) is 0. The summed E-state index contributed by atoms with van der Waals surface area (Å²) in [6, 6.07) is 4.08. The van der Waals surface area contributed by atoms with Crippen molar-refractivity contribution in [1.82, 2.24) is 9.21 Å². The van der Waals surface area contributed by atoms with Crippen molar-refractivity contribution in [2.45, 2.75) is 4.90 Å². The zero-order valence-electron chi connectivity index (χ0n) is 10.6. The highest BCUT2D eigenvalue weighted by Gasteiger charge is 2.21. The molecule has 0 spiro atoms. The molecule has 1 rings (SSSR count). The van der Waals surface area contributed by atoms with E-state index < -0.39 is 10.0 Å². The molecule has 0 aliphatic heterocycles. The molecule has 0 aromatic heterocycles. The Bertz CT molecular complexity index is 568. The molecule has 1 aromatic carbocycles. The Morgan fingerprint density at radius 1 is 1.17 bits per heavy atom. The number of nitrogens with zero attached hydrogens (tertiary/aromatic N) is 2. The van der Waals surface area contributed by atoms with E-state index in [0.29, 0.717) is 0 Å². The predicted molar refractivity (Wildman–Crippen MR) is 70.3 cm³/mol. The third-order valence-corrected chi connectivity index (χ3v) is 4.49. The lowest BCUT2D eigenvalue weighted by Crippen LogP contribution is -2.24. The van der Waals surface area contributed by atoms with Gasteiger partial charge in [0.2, 0.25) is 10.0 Å². The van der Waals surface area contributed by atoms with E-state index >= 15 is 0 Å². The molecule has 0 unspecified atom stereocenters. The Morgan fingerprint density at radius 3 is 2.17 bits per heavy atom. The second kappa shape index (κ2) is 5.26. The van der Waals surface area contributed by atoms with E-state index in [2.05, 4.69) is 0 Å². The topological polar surface area (TPSA) is 57.7 Å². The average molecular weight is 291 g/mol. The first-order chi connectivity index (χ1) is 8.17. The Hall–Kier alpha value is -1.11.